The third-order valence-electron chi connectivity index (χ3n) is 9.77. The fourth-order valence-corrected chi connectivity index (χ4v) is 11.7. The van der Waals surface area contributed by atoms with Crippen LogP contribution in [0.4, 0.5) is 5.69 Å². The van der Waals surface area contributed by atoms with Gasteiger partial charge in [-0.1, -0.05) is 171 Å². The van der Waals surface area contributed by atoms with Crippen molar-refractivity contribution in [2.45, 2.75) is 32.2 Å². The van der Waals surface area contributed by atoms with E-state index in [0.29, 0.717) is 0 Å². The van der Waals surface area contributed by atoms with Crippen LogP contribution in [0.2, 0.25) is 0 Å². The maximum absolute atomic E-state index is 7.29. The standard InChI is InChI=1S/C45H37NO2P2/c1-2-3-18-35-29-26-34-17-14-25-42(49(36-19-6-4-7-20-36)37-21-8-5-9-22-37)45(34)46(35)50-47-40-30-27-32-15-10-12-23-38(32)43(40)44-39-24-13-11-16-33(39)28-31-41(44)48-50/h4-17,19-31,35H,2-3,18H2,1H3. The minimum atomic E-state index is -1.63. The molecule has 0 bridgehead atoms. The molecule has 0 N–H and O–H groups in total. The van der Waals surface area contributed by atoms with Crippen LogP contribution < -0.4 is 20.6 Å². The maximum atomic E-state index is 7.29. The Morgan fingerprint density at radius 3 is 1.74 bits per heavy atom. The van der Waals surface area contributed by atoms with Gasteiger partial charge in [-0.25, -0.2) is 0 Å². The van der Waals surface area contributed by atoms with Gasteiger partial charge in [-0.2, -0.15) is 0 Å². The topological polar surface area (TPSA) is 29.5 Å². The number of anilines is 1. The second kappa shape index (κ2) is 13.3. The molecule has 0 amide bonds. The molecule has 9 rings (SSSR count). The Morgan fingerprint density at radius 1 is 0.600 bits per heavy atom. The molecule has 50 heavy (non-hydrogen) atoms. The molecule has 0 fully saturated rings. The Labute approximate surface area is 294 Å². The van der Waals surface area contributed by atoms with Gasteiger partial charge < -0.3 is 8.39 Å². The van der Waals surface area contributed by atoms with E-state index in [2.05, 4.69) is 175 Å². The van der Waals surface area contributed by atoms with Crippen LogP contribution in [0.25, 0.3) is 49.6 Å². The second-order valence-electron chi connectivity index (χ2n) is 12.9. The normalized spacial score (nSPS) is 14.2. The molecule has 1 aliphatic rings. The Hall–Kier alpha value is -5.07. The zero-order valence-corrected chi connectivity index (χ0v) is 29.7. The van der Waals surface area contributed by atoms with Crippen LogP contribution in [-0.2, 0) is 0 Å². The zero-order chi connectivity index (χ0) is 33.4. The minimum Gasteiger partial charge on any atom is -0.404 e. The molecule has 2 heterocycles. The Morgan fingerprint density at radius 2 is 1.16 bits per heavy atom. The predicted molar refractivity (Wildman–Crippen MR) is 217 cm³/mol. The highest BCUT2D eigenvalue weighted by atomic mass is 31.1. The first-order valence-electron chi connectivity index (χ1n) is 17.5. The molecular formula is C45H37NO2P2. The van der Waals surface area contributed by atoms with E-state index in [1.165, 1.54) is 48.7 Å². The molecule has 1 unspecified atom stereocenters. The van der Waals surface area contributed by atoms with E-state index in [-0.39, 0.29) is 6.04 Å². The van der Waals surface area contributed by atoms with E-state index in [1.54, 1.807) is 0 Å². The summed E-state index contributed by atoms with van der Waals surface area (Å²) in [6, 6.07) is 54.8. The number of unbranched alkanes of at least 4 members (excludes halogenated alkanes) is 1. The number of nitrogens with zero attached hydrogens (tertiary/aromatic N) is 1. The molecule has 0 radical (unpaired) electrons. The monoisotopic (exact) mass is 685 g/mol. The lowest BCUT2D eigenvalue weighted by Crippen LogP contribution is -2.35. The van der Waals surface area contributed by atoms with Crippen molar-refractivity contribution in [2.75, 3.05) is 4.67 Å². The fourth-order valence-electron chi connectivity index (χ4n) is 7.44. The molecule has 1 atom stereocenters. The van der Waals surface area contributed by atoms with Gasteiger partial charge in [-0.05, 0) is 64.2 Å². The zero-order valence-electron chi connectivity index (χ0n) is 27.9. The van der Waals surface area contributed by atoms with Crippen LogP contribution in [0.3, 0.4) is 0 Å². The van der Waals surface area contributed by atoms with E-state index >= 15 is 0 Å². The Bertz CT molecular complexity index is 2420. The van der Waals surface area contributed by atoms with Crippen LogP contribution >= 0.6 is 16.1 Å². The number of hydrogen-bond acceptors (Lipinski definition) is 3. The van der Waals surface area contributed by atoms with Crippen LogP contribution in [0, 0.1) is 0 Å². The lowest BCUT2D eigenvalue weighted by molar-refractivity contribution is 0.601. The molecule has 8 aromatic rings. The number of rotatable bonds is 7. The summed E-state index contributed by atoms with van der Waals surface area (Å²) in [4.78, 5) is 0. The van der Waals surface area contributed by atoms with Gasteiger partial charge in [-0.3, -0.25) is 4.67 Å². The highest BCUT2D eigenvalue weighted by molar-refractivity contribution is 7.80. The molecule has 1 aliphatic heterocycles. The summed E-state index contributed by atoms with van der Waals surface area (Å²) in [6.45, 7) is 2.27. The van der Waals surface area contributed by atoms with Crippen molar-refractivity contribution in [3.05, 3.63) is 163 Å². The molecule has 0 saturated carbocycles. The van der Waals surface area contributed by atoms with Gasteiger partial charge in [0.1, 0.15) is 11.2 Å². The summed E-state index contributed by atoms with van der Waals surface area (Å²) in [5.74, 6) is 0. The first kappa shape index (κ1) is 30.9. The van der Waals surface area contributed by atoms with E-state index in [1.807, 2.05) is 0 Å². The van der Waals surface area contributed by atoms with Crippen molar-refractivity contribution in [2.24, 2.45) is 0 Å². The lowest BCUT2D eigenvalue weighted by Gasteiger charge is -2.36. The van der Waals surface area contributed by atoms with Gasteiger partial charge in [0.2, 0.25) is 0 Å². The van der Waals surface area contributed by atoms with Crippen molar-refractivity contribution in [1.82, 2.24) is 0 Å². The average molecular weight is 686 g/mol. The van der Waals surface area contributed by atoms with E-state index < -0.39 is 16.1 Å². The van der Waals surface area contributed by atoms with E-state index in [0.717, 1.165) is 41.2 Å². The van der Waals surface area contributed by atoms with Gasteiger partial charge in [0, 0.05) is 16.1 Å². The summed E-state index contributed by atoms with van der Waals surface area (Å²) in [5.41, 5.74) is 4.14. The number of para-hydroxylation sites is 1. The summed E-state index contributed by atoms with van der Waals surface area (Å²) in [5, 5.41) is 10.9. The Balaban J connectivity index is 1.38. The van der Waals surface area contributed by atoms with E-state index in [9.17, 15) is 0 Å². The predicted octanol–water partition coefficient (Wildman–Crippen LogP) is 12.2. The second-order valence-corrected chi connectivity index (χ2v) is 16.3. The largest absolute Gasteiger partial charge is 0.404 e. The third-order valence-corrected chi connectivity index (χ3v) is 13.8. The van der Waals surface area contributed by atoms with Crippen LogP contribution in [0.5, 0.6) is 0 Å². The molecule has 0 saturated heterocycles. The molecule has 244 valence electrons. The van der Waals surface area contributed by atoms with Crippen molar-refractivity contribution in [3.63, 3.8) is 0 Å². The number of fused-ring (bicyclic) bond motifs is 8. The van der Waals surface area contributed by atoms with Gasteiger partial charge in [0.05, 0.1) is 11.7 Å². The first-order valence-corrected chi connectivity index (χ1v) is 20.0. The summed E-state index contributed by atoms with van der Waals surface area (Å²) in [7, 11) is -2.50. The first-order chi connectivity index (χ1) is 24.8. The number of hydrogen-bond donors (Lipinski definition) is 0. The van der Waals surface area contributed by atoms with Gasteiger partial charge >= 0.3 is 8.16 Å². The van der Waals surface area contributed by atoms with Crippen LogP contribution in [-0.4, -0.2) is 6.04 Å². The maximum Gasteiger partial charge on any atom is 0.342 e. The SMILES string of the molecule is CCCCC1C=Cc2cccc(P(c3ccccc3)c3ccccc3)c2N1p1oc2ccc3ccccc3c2c2c(ccc3ccccc32)o1. The summed E-state index contributed by atoms with van der Waals surface area (Å²) < 4.78 is 17.1. The minimum absolute atomic E-state index is 0.115. The highest BCUT2D eigenvalue weighted by Gasteiger charge is 2.33. The van der Waals surface area contributed by atoms with Gasteiger partial charge in [0.25, 0.3) is 0 Å². The summed E-state index contributed by atoms with van der Waals surface area (Å²) >= 11 is 0. The van der Waals surface area contributed by atoms with Crippen molar-refractivity contribution in [1.29, 1.82) is 0 Å². The third kappa shape index (κ3) is 5.43. The molecule has 0 aliphatic carbocycles. The van der Waals surface area contributed by atoms with Gasteiger partial charge in [-0.15, -0.1) is 0 Å². The van der Waals surface area contributed by atoms with Crippen molar-refractivity contribution >= 4 is 87.2 Å². The van der Waals surface area contributed by atoms with Crippen LogP contribution in [0.15, 0.2) is 166 Å². The van der Waals surface area contributed by atoms with E-state index in [4.69, 9.17) is 8.39 Å². The average Bonchev–Trinajstić information content (AvgIpc) is 3.35. The van der Waals surface area contributed by atoms with Crippen molar-refractivity contribution in [3.8, 4) is 0 Å². The van der Waals surface area contributed by atoms with Gasteiger partial charge in [0.15, 0.2) is 0 Å². The molecule has 0 spiro atoms. The molecule has 5 heteroatoms. The molecular weight excluding hydrogens is 648 g/mol. The number of benzene rings is 7. The highest BCUT2D eigenvalue weighted by Crippen LogP contribution is 2.50. The Kier molecular flexibility index (Phi) is 8.25. The quantitative estimate of drug-likeness (QED) is 0.156. The molecule has 7 aromatic carbocycles. The smallest absolute Gasteiger partial charge is 0.342 e. The lowest BCUT2D eigenvalue weighted by atomic mass is 9.99. The van der Waals surface area contributed by atoms with Crippen molar-refractivity contribution < 1.29 is 8.39 Å². The summed E-state index contributed by atoms with van der Waals surface area (Å²) in [6.07, 6.45) is 7.94. The fraction of sp³-hybridized carbons (Fsp3) is 0.111. The molecule has 1 aromatic heterocycles. The van der Waals surface area contributed by atoms with Crippen LogP contribution in [0.1, 0.15) is 31.7 Å². The molecule has 3 nitrogen and oxygen atoms in total.